The van der Waals surface area contributed by atoms with Crippen molar-refractivity contribution in [3.63, 3.8) is 0 Å². The maximum absolute atomic E-state index is 12.4. The zero-order valence-electron chi connectivity index (χ0n) is 16.2. The molecule has 0 atom stereocenters. The minimum absolute atomic E-state index is 0.0224. The lowest BCUT2D eigenvalue weighted by Crippen LogP contribution is -2.48. The SMILES string of the molecule is CSc1cccc(NC(=O)CN2CCN(Cc3nc(-c4cccs4)no3)CC2)c1. The lowest BCUT2D eigenvalue weighted by Gasteiger charge is -2.33. The standard InChI is InChI=1S/C20H23N5O2S2/c1-28-16-5-2-4-15(12-16)21-18(26)13-24-7-9-25(10-8-24)14-19-22-20(23-27-19)17-6-3-11-29-17/h2-6,11-12H,7-10,13-14H2,1H3,(H,21,26). The lowest BCUT2D eigenvalue weighted by molar-refractivity contribution is -0.117. The van der Waals surface area contributed by atoms with Gasteiger partial charge >= 0.3 is 0 Å². The Labute approximate surface area is 178 Å². The molecule has 29 heavy (non-hydrogen) atoms. The van der Waals surface area contributed by atoms with Crippen LogP contribution < -0.4 is 5.32 Å². The smallest absolute Gasteiger partial charge is 0.241 e. The van der Waals surface area contributed by atoms with E-state index in [4.69, 9.17) is 4.52 Å². The number of carbonyl (C=O) groups excluding carboxylic acids is 1. The predicted molar refractivity (Wildman–Crippen MR) is 116 cm³/mol. The van der Waals surface area contributed by atoms with Crippen LogP contribution in [0, 0.1) is 0 Å². The third kappa shape index (κ3) is 5.45. The van der Waals surface area contributed by atoms with Crippen molar-refractivity contribution in [2.24, 2.45) is 0 Å². The molecule has 4 rings (SSSR count). The summed E-state index contributed by atoms with van der Waals surface area (Å²) in [5.41, 5.74) is 0.846. The predicted octanol–water partition coefficient (Wildman–Crippen LogP) is 3.28. The summed E-state index contributed by atoms with van der Waals surface area (Å²) in [5, 5.41) is 9.05. The number of hydrogen-bond donors (Lipinski definition) is 1. The van der Waals surface area contributed by atoms with E-state index in [-0.39, 0.29) is 5.91 Å². The van der Waals surface area contributed by atoms with Gasteiger partial charge in [-0.25, -0.2) is 0 Å². The lowest BCUT2D eigenvalue weighted by atomic mass is 10.3. The highest BCUT2D eigenvalue weighted by atomic mass is 32.2. The average Bonchev–Trinajstić information content (AvgIpc) is 3.41. The molecule has 152 valence electrons. The summed E-state index contributed by atoms with van der Waals surface area (Å²) in [6.45, 7) is 4.45. The van der Waals surface area contributed by atoms with Crippen molar-refractivity contribution in [2.75, 3.05) is 44.3 Å². The minimum atomic E-state index is 0.0224. The highest BCUT2D eigenvalue weighted by Gasteiger charge is 2.21. The highest BCUT2D eigenvalue weighted by Crippen LogP contribution is 2.22. The van der Waals surface area contributed by atoms with Gasteiger partial charge in [-0.2, -0.15) is 4.98 Å². The van der Waals surface area contributed by atoms with E-state index in [9.17, 15) is 4.79 Å². The van der Waals surface area contributed by atoms with Crippen LogP contribution in [0.25, 0.3) is 10.7 Å². The van der Waals surface area contributed by atoms with Gasteiger partial charge in [0, 0.05) is 36.8 Å². The minimum Gasteiger partial charge on any atom is -0.338 e. The number of thioether (sulfide) groups is 1. The van der Waals surface area contributed by atoms with Crippen molar-refractivity contribution in [2.45, 2.75) is 11.4 Å². The van der Waals surface area contributed by atoms with E-state index in [0.29, 0.717) is 24.8 Å². The largest absolute Gasteiger partial charge is 0.338 e. The summed E-state index contributed by atoms with van der Waals surface area (Å²) in [5.74, 6) is 1.30. The van der Waals surface area contributed by atoms with Crippen LogP contribution in [-0.4, -0.2) is 64.8 Å². The molecule has 1 aliphatic heterocycles. The number of anilines is 1. The molecule has 1 aliphatic rings. The quantitative estimate of drug-likeness (QED) is 0.578. The van der Waals surface area contributed by atoms with E-state index in [1.165, 1.54) is 0 Å². The number of aromatic nitrogens is 2. The number of amides is 1. The first-order valence-electron chi connectivity index (χ1n) is 9.45. The first kappa shape index (κ1) is 20.1. The van der Waals surface area contributed by atoms with Crippen LogP contribution in [0.3, 0.4) is 0 Å². The maximum Gasteiger partial charge on any atom is 0.241 e. The molecule has 3 heterocycles. The third-order valence-electron chi connectivity index (χ3n) is 4.75. The molecule has 2 aromatic heterocycles. The zero-order chi connectivity index (χ0) is 20.1. The molecule has 0 aliphatic carbocycles. The van der Waals surface area contributed by atoms with Crippen LogP contribution in [0.4, 0.5) is 5.69 Å². The number of nitrogens with one attached hydrogen (secondary N) is 1. The van der Waals surface area contributed by atoms with Gasteiger partial charge in [-0.1, -0.05) is 17.3 Å². The second-order valence-corrected chi connectivity index (χ2v) is 8.65. The Kier molecular flexibility index (Phi) is 6.60. The number of hydrogen-bond acceptors (Lipinski definition) is 8. The van der Waals surface area contributed by atoms with Gasteiger partial charge in [-0.05, 0) is 35.9 Å². The first-order valence-corrected chi connectivity index (χ1v) is 11.5. The molecule has 7 nitrogen and oxygen atoms in total. The van der Waals surface area contributed by atoms with E-state index in [0.717, 1.165) is 41.6 Å². The summed E-state index contributed by atoms with van der Waals surface area (Å²) in [6, 6.07) is 11.9. The van der Waals surface area contributed by atoms with Gasteiger partial charge in [-0.3, -0.25) is 14.6 Å². The number of carbonyl (C=O) groups is 1. The van der Waals surface area contributed by atoms with Crippen molar-refractivity contribution < 1.29 is 9.32 Å². The van der Waals surface area contributed by atoms with Gasteiger partial charge in [0.15, 0.2) is 0 Å². The van der Waals surface area contributed by atoms with Crippen molar-refractivity contribution in [1.82, 2.24) is 19.9 Å². The Hall–Kier alpha value is -2.20. The molecular weight excluding hydrogens is 406 g/mol. The molecule has 9 heteroatoms. The molecule has 0 spiro atoms. The molecular formula is C20H23N5O2S2. The summed E-state index contributed by atoms with van der Waals surface area (Å²) >= 11 is 3.26. The Morgan fingerprint density at radius 1 is 1.21 bits per heavy atom. The van der Waals surface area contributed by atoms with E-state index in [2.05, 4.69) is 25.3 Å². The number of piperazine rings is 1. The van der Waals surface area contributed by atoms with Crippen LogP contribution in [0.2, 0.25) is 0 Å². The fourth-order valence-electron chi connectivity index (χ4n) is 3.23. The van der Waals surface area contributed by atoms with E-state index < -0.39 is 0 Å². The van der Waals surface area contributed by atoms with Crippen LogP contribution in [0.5, 0.6) is 0 Å². The van der Waals surface area contributed by atoms with Crippen molar-refractivity contribution in [1.29, 1.82) is 0 Å². The number of thiophene rings is 1. The summed E-state index contributed by atoms with van der Waals surface area (Å²) < 4.78 is 5.39. The molecule has 3 aromatic rings. The Bertz CT molecular complexity index is 936. The maximum atomic E-state index is 12.4. The average molecular weight is 430 g/mol. The topological polar surface area (TPSA) is 74.5 Å². The molecule has 0 unspecified atom stereocenters. The Morgan fingerprint density at radius 2 is 2.03 bits per heavy atom. The molecule has 0 radical (unpaired) electrons. The van der Waals surface area contributed by atoms with E-state index >= 15 is 0 Å². The van der Waals surface area contributed by atoms with Gasteiger partial charge in [0.2, 0.25) is 17.6 Å². The second kappa shape index (κ2) is 9.53. The van der Waals surface area contributed by atoms with E-state index in [1.54, 1.807) is 23.1 Å². The first-order chi connectivity index (χ1) is 14.2. The third-order valence-corrected chi connectivity index (χ3v) is 6.35. The normalized spacial score (nSPS) is 15.5. The zero-order valence-corrected chi connectivity index (χ0v) is 17.8. The fourth-order valence-corrected chi connectivity index (χ4v) is 4.33. The van der Waals surface area contributed by atoms with Gasteiger partial charge in [0.1, 0.15) is 0 Å². The van der Waals surface area contributed by atoms with Crippen LogP contribution >= 0.6 is 23.1 Å². The molecule has 0 saturated carbocycles. The molecule has 1 amide bonds. The van der Waals surface area contributed by atoms with Gasteiger partial charge < -0.3 is 9.84 Å². The second-order valence-electron chi connectivity index (χ2n) is 6.82. The molecule has 1 aromatic carbocycles. The summed E-state index contributed by atoms with van der Waals surface area (Å²) in [6.07, 6.45) is 2.03. The molecule has 1 fully saturated rings. The van der Waals surface area contributed by atoms with Crippen LogP contribution in [0.1, 0.15) is 5.89 Å². The fraction of sp³-hybridized carbons (Fsp3) is 0.350. The van der Waals surface area contributed by atoms with Crippen molar-refractivity contribution in [3.05, 3.63) is 47.7 Å². The number of nitrogens with zero attached hydrogens (tertiary/aromatic N) is 4. The molecule has 1 N–H and O–H groups in total. The van der Waals surface area contributed by atoms with Crippen LogP contribution in [-0.2, 0) is 11.3 Å². The molecule has 0 bridgehead atoms. The highest BCUT2D eigenvalue weighted by molar-refractivity contribution is 7.98. The number of benzene rings is 1. The van der Waals surface area contributed by atoms with Crippen LogP contribution in [0.15, 0.2) is 51.2 Å². The Balaban J connectivity index is 1.22. The van der Waals surface area contributed by atoms with Gasteiger partial charge in [0.25, 0.3) is 0 Å². The summed E-state index contributed by atoms with van der Waals surface area (Å²) in [7, 11) is 0. The van der Waals surface area contributed by atoms with Gasteiger partial charge in [-0.15, -0.1) is 23.1 Å². The van der Waals surface area contributed by atoms with Gasteiger partial charge in [0.05, 0.1) is 18.0 Å². The monoisotopic (exact) mass is 429 g/mol. The molecule has 1 saturated heterocycles. The number of rotatable bonds is 7. The Morgan fingerprint density at radius 3 is 2.79 bits per heavy atom. The van der Waals surface area contributed by atoms with Crippen molar-refractivity contribution >= 4 is 34.7 Å². The van der Waals surface area contributed by atoms with E-state index in [1.807, 2.05) is 48.0 Å². The van der Waals surface area contributed by atoms with Crippen molar-refractivity contribution in [3.8, 4) is 10.7 Å². The summed E-state index contributed by atoms with van der Waals surface area (Å²) in [4.78, 5) is 23.5.